The molecule has 0 saturated heterocycles. The molecule has 0 radical (unpaired) electrons. The van der Waals surface area contributed by atoms with E-state index >= 15 is 0 Å². The second-order valence-electron chi connectivity index (χ2n) is 7.93. The molecule has 32 heavy (non-hydrogen) atoms. The van der Waals surface area contributed by atoms with Crippen molar-refractivity contribution in [1.82, 2.24) is 10.7 Å². The van der Waals surface area contributed by atoms with Gasteiger partial charge in [-0.2, -0.15) is 4.94 Å². The average molecular weight is 458 g/mol. The summed E-state index contributed by atoms with van der Waals surface area (Å²) in [5.41, 5.74) is 4.75. The molecule has 2 aromatic rings. The predicted octanol–water partition coefficient (Wildman–Crippen LogP) is 5.11. The molecule has 7 nitrogen and oxygen atoms in total. The Morgan fingerprint density at radius 2 is 1.81 bits per heavy atom. The van der Waals surface area contributed by atoms with Gasteiger partial charge in [-0.1, -0.05) is 68.1 Å². The zero-order valence-electron chi connectivity index (χ0n) is 18.6. The topological polar surface area (TPSA) is 83.1 Å². The molecular formula is C24H29N2O5S-. The van der Waals surface area contributed by atoms with Crippen molar-refractivity contribution < 1.29 is 19.2 Å². The van der Waals surface area contributed by atoms with Gasteiger partial charge in [-0.25, -0.2) is 5.48 Å². The Kier molecular flexibility index (Phi) is 8.84. The van der Waals surface area contributed by atoms with Crippen molar-refractivity contribution in [3.63, 3.8) is 0 Å². The lowest BCUT2D eigenvalue weighted by molar-refractivity contribution is -0.147. The smallest absolute Gasteiger partial charge is 0.313 e. The molecule has 2 aromatic carbocycles. The van der Waals surface area contributed by atoms with E-state index in [4.69, 9.17) is 14.4 Å². The van der Waals surface area contributed by atoms with Gasteiger partial charge in [0.05, 0.1) is 19.1 Å². The lowest BCUT2D eigenvalue weighted by Gasteiger charge is -2.22. The van der Waals surface area contributed by atoms with Crippen LogP contribution in [0.4, 0.5) is 0 Å². The molecule has 0 amide bonds. The van der Waals surface area contributed by atoms with Crippen LogP contribution in [0.5, 0.6) is 0 Å². The highest BCUT2D eigenvalue weighted by Crippen LogP contribution is 2.31. The highest BCUT2D eigenvalue weighted by molar-refractivity contribution is 8.03. The first-order valence-corrected chi connectivity index (χ1v) is 11.5. The maximum absolute atomic E-state index is 12.4. The quantitative estimate of drug-likeness (QED) is 0.368. The first-order valence-electron chi connectivity index (χ1n) is 10.7. The van der Waals surface area contributed by atoms with Crippen LogP contribution in [-0.4, -0.2) is 24.4 Å². The van der Waals surface area contributed by atoms with E-state index in [0.717, 1.165) is 16.9 Å². The highest BCUT2D eigenvalue weighted by Gasteiger charge is 2.21. The second-order valence-corrected chi connectivity index (χ2v) is 9.01. The van der Waals surface area contributed by atoms with Gasteiger partial charge < -0.3 is 14.7 Å². The Bertz CT molecular complexity index is 902. The molecule has 0 aliphatic carbocycles. The van der Waals surface area contributed by atoms with Gasteiger partial charge >= 0.3 is 5.97 Å². The minimum absolute atomic E-state index is 0.0556. The minimum atomic E-state index is -0.342. The summed E-state index contributed by atoms with van der Waals surface area (Å²) in [5, 5.41) is 12.6. The average Bonchev–Trinajstić information content (AvgIpc) is 3.12. The summed E-state index contributed by atoms with van der Waals surface area (Å²) in [7, 11) is 0. The summed E-state index contributed by atoms with van der Waals surface area (Å²) in [6.45, 7) is 6.62. The zero-order chi connectivity index (χ0) is 22.9. The number of carbonyl (C=O) groups is 1. The number of thioether (sulfide) groups is 1. The van der Waals surface area contributed by atoms with Gasteiger partial charge in [-0.15, -0.1) is 0 Å². The normalized spacial score (nSPS) is 14.5. The van der Waals surface area contributed by atoms with Crippen LogP contribution in [-0.2, 0) is 25.6 Å². The summed E-state index contributed by atoms with van der Waals surface area (Å²) >= 11 is 1.33. The number of benzene rings is 2. The Morgan fingerprint density at radius 1 is 1.09 bits per heavy atom. The SMILES string of the molecule is CC(C)Cc1ccc(C(C)C(=O)OCCCOC2=C(Sc3ccccc3)NON2[O-])cc1. The number of hydrogen-bond donors (Lipinski definition) is 1. The Balaban J connectivity index is 1.42. The summed E-state index contributed by atoms with van der Waals surface area (Å²) in [4.78, 5) is 18.1. The van der Waals surface area contributed by atoms with Crippen molar-refractivity contribution in [3.8, 4) is 0 Å². The van der Waals surface area contributed by atoms with Crippen LogP contribution in [0, 0.1) is 11.1 Å². The maximum atomic E-state index is 12.4. The van der Waals surface area contributed by atoms with Crippen LogP contribution < -0.4 is 5.48 Å². The molecule has 8 heteroatoms. The largest absolute Gasteiger partial charge is 0.729 e. The lowest BCUT2D eigenvalue weighted by Crippen LogP contribution is -2.17. The van der Waals surface area contributed by atoms with Gasteiger partial charge in [0.25, 0.3) is 0 Å². The molecule has 0 bridgehead atoms. The van der Waals surface area contributed by atoms with Gasteiger partial charge in [0.15, 0.2) is 5.03 Å². The van der Waals surface area contributed by atoms with Gasteiger partial charge in [-0.05, 0) is 42.5 Å². The van der Waals surface area contributed by atoms with Gasteiger partial charge in [0.2, 0.25) is 5.88 Å². The van der Waals surface area contributed by atoms with Crippen LogP contribution in [0.2, 0.25) is 0 Å². The molecule has 1 aliphatic rings. The van der Waals surface area contributed by atoms with Crippen molar-refractivity contribution in [2.24, 2.45) is 5.92 Å². The van der Waals surface area contributed by atoms with Crippen LogP contribution in [0.1, 0.15) is 44.2 Å². The summed E-state index contributed by atoms with van der Waals surface area (Å²) in [5.74, 6) is 0.0252. The molecule has 0 saturated carbocycles. The number of ether oxygens (including phenoxy) is 2. The monoisotopic (exact) mass is 457 g/mol. The van der Waals surface area contributed by atoms with E-state index in [0.29, 0.717) is 22.6 Å². The number of nitrogens with zero attached hydrogens (tertiary/aromatic N) is 1. The molecule has 1 unspecified atom stereocenters. The van der Waals surface area contributed by atoms with E-state index in [1.54, 1.807) is 0 Å². The molecule has 3 rings (SSSR count). The minimum Gasteiger partial charge on any atom is -0.729 e. The van der Waals surface area contributed by atoms with E-state index < -0.39 is 0 Å². The van der Waals surface area contributed by atoms with Crippen LogP contribution in [0.15, 0.2) is 70.4 Å². The fourth-order valence-electron chi connectivity index (χ4n) is 3.12. The van der Waals surface area contributed by atoms with Crippen molar-refractivity contribution in [2.45, 2.75) is 44.4 Å². The first kappa shape index (κ1) is 24.0. The van der Waals surface area contributed by atoms with Crippen LogP contribution >= 0.6 is 11.8 Å². The summed E-state index contributed by atoms with van der Waals surface area (Å²) < 4.78 is 11.0. The molecule has 0 aromatic heterocycles. The number of carbonyl (C=O) groups excluding carboxylic acids is 1. The molecule has 1 atom stereocenters. The molecule has 1 aliphatic heterocycles. The number of hydrogen-bond acceptors (Lipinski definition) is 8. The number of esters is 1. The summed E-state index contributed by atoms with van der Waals surface area (Å²) in [6, 6.07) is 17.7. The third-order valence-electron chi connectivity index (χ3n) is 4.79. The van der Waals surface area contributed by atoms with Crippen molar-refractivity contribution >= 4 is 17.7 Å². The molecule has 172 valence electrons. The molecule has 0 fully saturated rings. The van der Waals surface area contributed by atoms with Crippen molar-refractivity contribution in [2.75, 3.05) is 13.2 Å². The third-order valence-corrected chi connectivity index (χ3v) is 5.76. The van der Waals surface area contributed by atoms with Crippen molar-refractivity contribution in [1.29, 1.82) is 0 Å². The molecule has 1 heterocycles. The Hall–Kier alpha value is -2.68. The second kappa shape index (κ2) is 11.8. The predicted molar refractivity (Wildman–Crippen MR) is 124 cm³/mol. The summed E-state index contributed by atoms with van der Waals surface area (Å²) in [6.07, 6.45) is 1.47. The third kappa shape index (κ3) is 6.91. The maximum Gasteiger partial charge on any atom is 0.313 e. The zero-order valence-corrected chi connectivity index (χ0v) is 19.4. The van der Waals surface area contributed by atoms with E-state index in [2.05, 4.69) is 31.5 Å². The molecule has 0 spiro atoms. The van der Waals surface area contributed by atoms with E-state index in [1.165, 1.54) is 17.3 Å². The van der Waals surface area contributed by atoms with Gasteiger partial charge in [0.1, 0.15) is 0 Å². The van der Waals surface area contributed by atoms with Crippen molar-refractivity contribution in [3.05, 3.63) is 81.8 Å². The fourth-order valence-corrected chi connectivity index (χ4v) is 3.94. The Morgan fingerprint density at radius 3 is 2.50 bits per heavy atom. The van der Waals surface area contributed by atoms with Crippen LogP contribution in [0.3, 0.4) is 0 Å². The Labute approximate surface area is 193 Å². The number of nitrogens with one attached hydrogen (secondary N) is 1. The van der Waals surface area contributed by atoms with Gasteiger partial charge in [-0.3, -0.25) is 10.0 Å². The van der Waals surface area contributed by atoms with E-state index in [9.17, 15) is 10.0 Å². The lowest BCUT2D eigenvalue weighted by atomic mass is 9.97. The number of rotatable bonds is 11. The van der Waals surface area contributed by atoms with E-state index in [-0.39, 0.29) is 31.0 Å². The fraction of sp³-hybridized carbons (Fsp3) is 0.375. The highest BCUT2D eigenvalue weighted by atomic mass is 32.2. The first-order chi connectivity index (χ1) is 15.4. The molecule has 1 N–H and O–H groups in total. The molecular weight excluding hydrogens is 428 g/mol. The van der Waals surface area contributed by atoms with E-state index in [1.807, 2.05) is 49.4 Å². The number of hydroxylamine groups is 3. The van der Waals surface area contributed by atoms with Crippen LogP contribution in [0.25, 0.3) is 0 Å². The standard InChI is InChI=1S/C24H29N2O5S/c1-17(2)16-19-10-12-20(13-11-19)18(3)24(27)30-15-7-14-29-23-22(25-31-26(23)28)32-21-8-5-4-6-9-21/h4-6,8-13,17-18,25H,7,14-16H2,1-3H3/q-1. The van der Waals surface area contributed by atoms with Gasteiger partial charge in [0, 0.05) is 11.3 Å².